The van der Waals surface area contributed by atoms with Gasteiger partial charge in [0.05, 0.1) is 11.9 Å². The lowest BCUT2D eigenvalue weighted by Crippen LogP contribution is -2.51. The highest BCUT2D eigenvalue weighted by molar-refractivity contribution is 8.00. The molecule has 8 heteroatoms. The van der Waals surface area contributed by atoms with E-state index in [0.717, 1.165) is 9.88 Å². The number of thioether (sulfide) groups is 1. The molecule has 0 radical (unpaired) electrons. The highest BCUT2D eigenvalue weighted by Gasteiger charge is 2.42. The first-order valence-electron chi connectivity index (χ1n) is 6.72. The Kier molecular flexibility index (Phi) is 5.10. The van der Waals surface area contributed by atoms with E-state index >= 15 is 0 Å². The van der Waals surface area contributed by atoms with E-state index in [1.165, 1.54) is 28.0 Å². The summed E-state index contributed by atoms with van der Waals surface area (Å²) < 4.78 is 0. The van der Waals surface area contributed by atoms with Crippen molar-refractivity contribution < 1.29 is 14.7 Å². The van der Waals surface area contributed by atoms with Gasteiger partial charge in [0.2, 0.25) is 0 Å². The van der Waals surface area contributed by atoms with Gasteiger partial charge in [0.25, 0.3) is 0 Å². The van der Waals surface area contributed by atoms with Crippen LogP contribution in [0.4, 0.5) is 4.79 Å². The average Bonchev–Trinajstić information content (AvgIpc) is 3.01. The number of aliphatic carboxylic acids is 1. The van der Waals surface area contributed by atoms with Crippen molar-refractivity contribution in [2.75, 3.05) is 5.75 Å². The highest BCUT2D eigenvalue weighted by Crippen LogP contribution is 2.34. The number of aromatic nitrogens is 1. The minimum atomic E-state index is -0.953. The zero-order valence-corrected chi connectivity index (χ0v) is 13.8. The van der Waals surface area contributed by atoms with Crippen LogP contribution >= 0.6 is 23.1 Å². The van der Waals surface area contributed by atoms with E-state index in [-0.39, 0.29) is 17.3 Å². The lowest BCUT2D eigenvalue weighted by molar-refractivity contribution is -0.141. The number of hydrogen-bond acceptors (Lipinski definition) is 5. The van der Waals surface area contributed by atoms with Crippen molar-refractivity contribution in [1.82, 2.24) is 15.2 Å². The number of nitrogens with one attached hydrogen (secondary N) is 1. The van der Waals surface area contributed by atoms with Crippen LogP contribution < -0.4 is 5.32 Å². The van der Waals surface area contributed by atoms with Gasteiger partial charge < -0.3 is 10.4 Å². The van der Waals surface area contributed by atoms with Crippen LogP contribution in [0.25, 0.3) is 0 Å². The third-order valence-electron chi connectivity index (χ3n) is 3.18. The second-order valence-corrected chi connectivity index (χ2v) is 7.72. The summed E-state index contributed by atoms with van der Waals surface area (Å²) in [6.07, 6.45) is 1.76. The standard InChI is InChI=1S/C13H19N3O3S2/c1-7(2)11-16(9(6-20-11)12(17)18)13(19)15-5-10-14-4-8(3)21-10/h4,7,9,11H,5-6H2,1-3H3,(H,15,19)(H,17,18). The van der Waals surface area contributed by atoms with Gasteiger partial charge in [0.1, 0.15) is 11.0 Å². The van der Waals surface area contributed by atoms with Crippen molar-refractivity contribution in [2.45, 2.75) is 38.7 Å². The van der Waals surface area contributed by atoms with Crippen molar-refractivity contribution >= 4 is 35.1 Å². The molecule has 2 heterocycles. The molecule has 1 aromatic heterocycles. The van der Waals surface area contributed by atoms with E-state index in [2.05, 4.69) is 10.3 Å². The Morgan fingerprint density at radius 3 is 2.81 bits per heavy atom. The van der Waals surface area contributed by atoms with E-state index in [1.807, 2.05) is 20.8 Å². The van der Waals surface area contributed by atoms with Crippen molar-refractivity contribution in [3.8, 4) is 0 Å². The predicted molar refractivity (Wildman–Crippen MR) is 83.4 cm³/mol. The SMILES string of the molecule is Cc1cnc(CNC(=O)N2C(C(=O)O)CSC2C(C)C)s1. The molecule has 0 saturated carbocycles. The third-order valence-corrected chi connectivity index (χ3v) is 5.72. The molecule has 2 amide bonds. The second-order valence-electron chi connectivity index (χ2n) is 5.25. The third kappa shape index (κ3) is 3.68. The number of aryl methyl sites for hydroxylation is 1. The summed E-state index contributed by atoms with van der Waals surface area (Å²) in [6.45, 7) is 6.27. The summed E-state index contributed by atoms with van der Waals surface area (Å²) in [5.74, 6) is -0.319. The van der Waals surface area contributed by atoms with Crippen LogP contribution in [0.2, 0.25) is 0 Å². The van der Waals surface area contributed by atoms with Gasteiger partial charge in [-0.3, -0.25) is 4.90 Å². The number of thiazole rings is 1. The smallest absolute Gasteiger partial charge is 0.327 e. The monoisotopic (exact) mass is 329 g/mol. The maximum Gasteiger partial charge on any atom is 0.327 e. The first kappa shape index (κ1) is 16.1. The molecule has 2 N–H and O–H groups in total. The van der Waals surface area contributed by atoms with Gasteiger partial charge in [-0.1, -0.05) is 13.8 Å². The Balaban J connectivity index is 2.04. The number of carboxylic acids is 1. The molecule has 2 rings (SSSR count). The summed E-state index contributed by atoms with van der Waals surface area (Å²) in [7, 11) is 0. The minimum Gasteiger partial charge on any atom is -0.480 e. The van der Waals surface area contributed by atoms with Crippen LogP contribution in [0.1, 0.15) is 23.7 Å². The average molecular weight is 329 g/mol. The predicted octanol–water partition coefficient (Wildman–Crippen LogP) is 2.15. The molecule has 116 valence electrons. The van der Waals surface area contributed by atoms with Gasteiger partial charge >= 0.3 is 12.0 Å². The maximum atomic E-state index is 12.4. The molecular formula is C13H19N3O3S2. The molecule has 1 saturated heterocycles. The molecular weight excluding hydrogens is 310 g/mol. The van der Waals surface area contributed by atoms with Gasteiger partial charge in [-0.05, 0) is 12.8 Å². The zero-order chi connectivity index (χ0) is 15.6. The molecule has 0 bridgehead atoms. The lowest BCUT2D eigenvalue weighted by atomic mass is 10.2. The Morgan fingerprint density at radius 2 is 2.29 bits per heavy atom. The van der Waals surface area contributed by atoms with E-state index in [9.17, 15) is 14.7 Å². The molecule has 1 aromatic rings. The molecule has 0 aromatic carbocycles. The Labute approximate surface area is 131 Å². The first-order chi connectivity index (χ1) is 9.90. The van der Waals surface area contributed by atoms with Gasteiger partial charge in [-0.15, -0.1) is 23.1 Å². The Morgan fingerprint density at radius 1 is 1.57 bits per heavy atom. The molecule has 0 spiro atoms. The fourth-order valence-corrected chi connectivity index (χ4v) is 4.41. The van der Waals surface area contributed by atoms with Gasteiger partial charge in [0, 0.05) is 16.8 Å². The summed E-state index contributed by atoms with van der Waals surface area (Å²) >= 11 is 3.04. The van der Waals surface area contributed by atoms with Crippen molar-refractivity contribution in [3.63, 3.8) is 0 Å². The fourth-order valence-electron chi connectivity index (χ4n) is 2.21. The number of amides is 2. The number of carbonyl (C=O) groups is 2. The van der Waals surface area contributed by atoms with Crippen LogP contribution in [0.15, 0.2) is 6.20 Å². The topological polar surface area (TPSA) is 82.5 Å². The quantitative estimate of drug-likeness (QED) is 0.884. The Hall–Kier alpha value is -1.28. The van der Waals surface area contributed by atoms with Crippen molar-refractivity contribution in [3.05, 3.63) is 16.1 Å². The number of carboxylic acid groups (broad SMARTS) is 1. The van der Waals surface area contributed by atoms with E-state index in [0.29, 0.717) is 12.3 Å². The summed E-state index contributed by atoms with van der Waals surface area (Å²) in [5, 5.41) is 12.8. The molecule has 6 nitrogen and oxygen atoms in total. The number of carbonyl (C=O) groups excluding carboxylic acids is 1. The number of rotatable bonds is 4. The molecule has 2 atom stereocenters. The minimum absolute atomic E-state index is 0.107. The van der Waals surface area contributed by atoms with Crippen molar-refractivity contribution in [1.29, 1.82) is 0 Å². The van der Waals surface area contributed by atoms with Gasteiger partial charge in [0.15, 0.2) is 0 Å². The zero-order valence-electron chi connectivity index (χ0n) is 12.2. The van der Waals surface area contributed by atoms with E-state index in [4.69, 9.17) is 0 Å². The van der Waals surface area contributed by atoms with Gasteiger partial charge in [-0.2, -0.15) is 0 Å². The second kappa shape index (κ2) is 6.65. The van der Waals surface area contributed by atoms with Crippen LogP contribution in [0, 0.1) is 12.8 Å². The van der Waals surface area contributed by atoms with Crippen LogP contribution in [-0.2, 0) is 11.3 Å². The molecule has 21 heavy (non-hydrogen) atoms. The van der Waals surface area contributed by atoms with Crippen molar-refractivity contribution in [2.24, 2.45) is 5.92 Å². The molecule has 0 aliphatic carbocycles. The molecule has 1 fully saturated rings. The summed E-state index contributed by atoms with van der Waals surface area (Å²) in [4.78, 5) is 30.4. The summed E-state index contributed by atoms with van der Waals surface area (Å²) in [6, 6.07) is -1.10. The molecule has 1 aliphatic rings. The van der Waals surface area contributed by atoms with E-state index in [1.54, 1.807) is 6.20 Å². The van der Waals surface area contributed by atoms with E-state index < -0.39 is 12.0 Å². The highest BCUT2D eigenvalue weighted by atomic mass is 32.2. The number of urea groups is 1. The van der Waals surface area contributed by atoms with Crippen LogP contribution in [-0.4, -0.2) is 44.2 Å². The molecule has 2 unspecified atom stereocenters. The van der Waals surface area contributed by atoms with Gasteiger partial charge in [-0.25, -0.2) is 14.6 Å². The van der Waals surface area contributed by atoms with Crippen LogP contribution in [0.3, 0.4) is 0 Å². The van der Waals surface area contributed by atoms with Crippen LogP contribution in [0.5, 0.6) is 0 Å². The maximum absolute atomic E-state index is 12.4. The largest absolute Gasteiger partial charge is 0.480 e. The fraction of sp³-hybridized carbons (Fsp3) is 0.615. The Bertz CT molecular complexity index is 532. The number of nitrogens with zero attached hydrogens (tertiary/aromatic N) is 2. The summed E-state index contributed by atoms with van der Waals surface area (Å²) in [5.41, 5.74) is 0. The first-order valence-corrected chi connectivity index (χ1v) is 8.58. The lowest BCUT2D eigenvalue weighted by Gasteiger charge is -2.29. The normalized spacial score (nSPS) is 21.8. The molecule has 1 aliphatic heterocycles. The number of hydrogen-bond donors (Lipinski definition) is 2.